The summed E-state index contributed by atoms with van der Waals surface area (Å²) in [6, 6.07) is 11.5. The molecule has 2 aromatic rings. The number of piperidine rings is 1. The van der Waals surface area contributed by atoms with Gasteiger partial charge >= 0.3 is 0 Å². The Balaban J connectivity index is 1.67. The van der Waals surface area contributed by atoms with Crippen molar-refractivity contribution in [3.8, 4) is 11.8 Å². The largest absolute Gasteiger partial charge is 0.497 e. The van der Waals surface area contributed by atoms with Crippen molar-refractivity contribution in [2.24, 2.45) is 0 Å². The lowest BCUT2D eigenvalue weighted by molar-refractivity contribution is 0.0707. The maximum absolute atomic E-state index is 12.6. The summed E-state index contributed by atoms with van der Waals surface area (Å²) in [5.41, 5.74) is 1.79. The van der Waals surface area contributed by atoms with E-state index in [-0.39, 0.29) is 16.6 Å². The van der Waals surface area contributed by atoms with Gasteiger partial charge in [0.15, 0.2) is 0 Å². The Bertz CT molecular complexity index is 824. The SMILES string of the molecule is COc1cccc(C2CCN(C(=O)c3ncc(C#N)cc3Cl)CC2)c1. The van der Waals surface area contributed by atoms with E-state index in [1.807, 2.05) is 18.2 Å². The second kappa shape index (κ2) is 7.54. The number of benzene rings is 1. The minimum Gasteiger partial charge on any atom is -0.497 e. The predicted molar refractivity (Wildman–Crippen MR) is 94.8 cm³/mol. The lowest BCUT2D eigenvalue weighted by Crippen LogP contribution is -2.38. The monoisotopic (exact) mass is 355 g/mol. The molecule has 1 amide bonds. The topological polar surface area (TPSA) is 66.2 Å². The van der Waals surface area contributed by atoms with Crippen LogP contribution in [0.5, 0.6) is 5.75 Å². The van der Waals surface area contributed by atoms with Gasteiger partial charge in [-0.3, -0.25) is 4.79 Å². The Kier molecular flexibility index (Phi) is 5.20. The van der Waals surface area contributed by atoms with E-state index < -0.39 is 0 Å². The summed E-state index contributed by atoms with van der Waals surface area (Å²) in [6.07, 6.45) is 3.14. The van der Waals surface area contributed by atoms with E-state index in [0.29, 0.717) is 24.6 Å². The van der Waals surface area contributed by atoms with E-state index in [1.165, 1.54) is 17.8 Å². The molecule has 0 atom stereocenters. The number of halogens is 1. The molecule has 6 heteroatoms. The molecule has 1 aromatic heterocycles. The van der Waals surface area contributed by atoms with Gasteiger partial charge in [0.25, 0.3) is 5.91 Å². The van der Waals surface area contributed by atoms with Crippen LogP contribution in [0.15, 0.2) is 36.5 Å². The minimum absolute atomic E-state index is 0.182. The number of nitriles is 1. The average molecular weight is 356 g/mol. The molecular formula is C19H18ClN3O2. The standard InChI is InChI=1S/C19H18ClN3O2/c1-25-16-4-2-3-15(10-16)14-5-7-23(8-6-14)19(24)18-17(20)9-13(11-21)12-22-18/h2-4,9-10,12,14H,5-8H2,1H3. The van der Waals surface area contributed by atoms with E-state index in [4.69, 9.17) is 21.6 Å². The van der Waals surface area contributed by atoms with Crippen LogP contribution < -0.4 is 4.74 Å². The van der Waals surface area contributed by atoms with Crippen molar-refractivity contribution >= 4 is 17.5 Å². The smallest absolute Gasteiger partial charge is 0.273 e. The number of ether oxygens (including phenoxy) is 1. The van der Waals surface area contributed by atoms with Crippen molar-refractivity contribution in [2.45, 2.75) is 18.8 Å². The molecule has 5 nitrogen and oxygen atoms in total. The number of pyridine rings is 1. The van der Waals surface area contributed by atoms with Gasteiger partial charge in [-0.1, -0.05) is 23.7 Å². The van der Waals surface area contributed by atoms with E-state index in [9.17, 15) is 4.79 Å². The number of methoxy groups -OCH3 is 1. The molecule has 0 saturated carbocycles. The van der Waals surface area contributed by atoms with Crippen molar-refractivity contribution in [1.29, 1.82) is 5.26 Å². The number of carbonyl (C=O) groups excluding carboxylic acids is 1. The first-order valence-electron chi connectivity index (χ1n) is 8.11. The summed E-state index contributed by atoms with van der Waals surface area (Å²) in [6.45, 7) is 1.30. The molecule has 2 heterocycles. The van der Waals surface area contributed by atoms with Crippen molar-refractivity contribution in [3.05, 3.63) is 58.4 Å². The molecule has 1 aliphatic heterocycles. The van der Waals surface area contributed by atoms with E-state index in [0.717, 1.165) is 18.6 Å². The van der Waals surface area contributed by atoms with Gasteiger partial charge in [-0.2, -0.15) is 5.26 Å². The van der Waals surface area contributed by atoms with Crippen LogP contribution in [0.25, 0.3) is 0 Å². The maximum Gasteiger partial charge on any atom is 0.273 e. The highest BCUT2D eigenvalue weighted by atomic mass is 35.5. The van der Waals surface area contributed by atoms with Crippen molar-refractivity contribution < 1.29 is 9.53 Å². The number of likely N-dealkylation sites (tertiary alicyclic amines) is 1. The number of carbonyl (C=O) groups is 1. The number of rotatable bonds is 3. The highest BCUT2D eigenvalue weighted by molar-refractivity contribution is 6.33. The zero-order chi connectivity index (χ0) is 17.8. The third-order valence-corrected chi connectivity index (χ3v) is 4.81. The van der Waals surface area contributed by atoms with Crippen LogP contribution in [0.2, 0.25) is 5.02 Å². The quantitative estimate of drug-likeness (QED) is 0.843. The van der Waals surface area contributed by atoms with Crippen LogP contribution in [-0.2, 0) is 0 Å². The van der Waals surface area contributed by atoms with Crippen LogP contribution in [0.3, 0.4) is 0 Å². The Labute approximate surface area is 151 Å². The zero-order valence-electron chi connectivity index (χ0n) is 13.9. The number of aromatic nitrogens is 1. The van der Waals surface area contributed by atoms with E-state index >= 15 is 0 Å². The summed E-state index contributed by atoms with van der Waals surface area (Å²) in [4.78, 5) is 18.5. The van der Waals surface area contributed by atoms with Gasteiger partial charge in [-0.05, 0) is 42.5 Å². The van der Waals surface area contributed by atoms with E-state index in [2.05, 4.69) is 17.1 Å². The van der Waals surface area contributed by atoms with Gasteiger partial charge in [0.1, 0.15) is 17.5 Å². The van der Waals surface area contributed by atoms with Gasteiger partial charge in [-0.25, -0.2) is 4.98 Å². The van der Waals surface area contributed by atoms with Crippen LogP contribution >= 0.6 is 11.6 Å². The fourth-order valence-corrected chi connectivity index (χ4v) is 3.36. The molecule has 0 aliphatic carbocycles. The molecule has 3 rings (SSSR count). The number of nitrogens with zero attached hydrogens (tertiary/aromatic N) is 3. The molecule has 0 unspecified atom stereocenters. The van der Waals surface area contributed by atoms with Crippen LogP contribution in [0.1, 0.15) is 40.4 Å². The molecular weight excluding hydrogens is 338 g/mol. The Morgan fingerprint density at radius 1 is 1.36 bits per heavy atom. The summed E-state index contributed by atoms with van der Waals surface area (Å²) in [5.74, 6) is 1.08. The van der Waals surface area contributed by atoms with Gasteiger partial charge in [0.2, 0.25) is 0 Å². The Hall–Kier alpha value is -2.58. The maximum atomic E-state index is 12.6. The fraction of sp³-hybridized carbons (Fsp3) is 0.316. The first kappa shape index (κ1) is 17.2. The molecule has 1 aliphatic rings. The van der Waals surface area contributed by atoms with Crippen LogP contribution in [-0.4, -0.2) is 36.0 Å². The summed E-state index contributed by atoms with van der Waals surface area (Å²) >= 11 is 6.11. The van der Waals surface area contributed by atoms with Gasteiger partial charge in [0.05, 0.1) is 17.7 Å². The van der Waals surface area contributed by atoms with Crippen molar-refractivity contribution in [2.75, 3.05) is 20.2 Å². The lowest BCUT2D eigenvalue weighted by Gasteiger charge is -2.32. The van der Waals surface area contributed by atoms with Crippen LogP contribution in [0, 0.1) is 11.3 Å². The molecule has 1 aromatic carbocycles. The van der Waals surface area contributed by atoms with Crippen molar-refractivity contribution in [1.82, 2.24) is 9.88 Å². The molecule has 0 N–H and O–H groups in total. The number of hydrogen-bond acceptors (Lipinski definition) is 4. The normalized spacial score (nSPS) is 14.8. The highest BCUT2D eigenvalue weighted by Gasteiger charge is 2.26. The Morgan fingerprint density at radius 3 is 2.76 bits per heavy atom. The lowest BCUT2D eigenvalue weighted by atomic mass is 9.89. The van der Waals surface area contributed by atoms with Gasteiger partial charge in [0, 0.05) is 19.3 Å². The van der Waals surface area contributed by atoms with Gasteiger partial charge in [-0.15, -0.1) is 0 Å². The molecule has 1 fully saturated rings. The highest BCUT2D eigenvalue weighted by Crippen LogP contribution is 2.31. The third kappa shape index (κ3) is 3.75. The molecule has 0 radical (unpaired) electrons. The first-order valence-corrected chi connectivity index (χ1v) is 8.49. The molecule has 25 heavy (non-hydrogen) atoms. The van der Waals surface area contributed by atoms with E-state index in [1.54, 1.807) is 12.0 Å². The molecule has 128 valence electrons. The molecule has 0 spiro atoms. The second-order valence-electron chi connectivity index (χ2n) is 6.01. The first-order chi connectivity index (χ1) is 12.1. The van der Waals surface area contributed by atoms with Crippen molar-refractivity contribution in [3.63, 3.8) is 0 Å². The fourth-order valence-electron chi connectivity index (χ4n) is 3.12. The molecule has 1 saturated heterocycles. The second-order valence-corrected chi connectivity index (χ2v) is 6.42. The van der Waals surface area contributed by atoms with Crippen LogP contribution in [0.4, 0.5) is 0 Å². The summed E-state index contributed by atoms with van der Waals surface area (Å²) in [7, 11) is 1.66. The van der Waals surface area contributed by atoms with Gasteiger partial charge < -0.3 is 9.64 Å². The third-order valence-electron chi connectivity index (χ3n) is 4.52. The summed E-state index contributed by atoms with van der Waals surface area (Å²) in [5, 5.41) is 9.08. The zero-order valence-corrected chi connectivity index (χ0v) is 14.7. The minimum atomic E-state index is -0.182. The predicted octanol–water partition coefficient (Wildman–Crippen LogP) is 3.64. The average Bonchev–Trinajstić information content (AvgIpc) is 2.67. The summed E-state index contributed by atoms with van der Waals surface area (Å²) < 4.78 is 5.28. The molecule has 0 bridgehead atoms. The number of amides is 1. The Morgan fingerprint density at radius 2 is 2.12 bits per heavy atom. The number of hydrogen-bond donors (Lipinski definition) is 0.